The molecule has 1 fully saturated rings. The zero-order valence-electron chi connectivity index (χ0n) is 9.18. The lowest BCUT2D eigenvalue weighted by Crippen LogP contribution is -2.17. The molecule has 0 unspecified atom stereocenters. The molecule has 1 N–H and O–H groups in total. The summed E-state index contributed by atoms with van der Waals surface area (Å²) in [4.78, 5) is 8.57. The van der Waals surface area contributed by atoms with Gasteiger partial charge in [0.2, 0.25) is 0 Å². The predicted octanol–water partition coefficient (Wildman–Crippen LogP) is 2.52. The molecule has 82 valence electrons. The maximum atomic E-state index is 5.91. The van der Waals surface area contributed by atoms with Crippen LogP contribution in [0.2, 0.25) is 0 Å². The summed E-state index contributed by atoms with van der Waals surface area (Å²) >= 11 is 5.91. The summed E-state index contributed by atoms with van der Waals surface area (Å²) in [6, 6.07) is 1.97. The highest BCUT2D eigenvalue weighted by molar-refractivity contribution is 6.18. The van der Waals surface area contributed by atoms with E-state index in [4.69, 9.17) is 11.6 Å². The van der Waals surface area contributed by atoms with Crippen molar-refractivity contribution < 1.29 is 0 Å². The molecule has 0 aliphatic heterocycles. The Morgan fingerprint density at radius 2 is 2.13 bits per heavy atom. The van der Waals surface area contributed by atoms with Gasteiger partial charge in [-0.25, -0.2) is 9.97 Å². The van der Waals surface area contributed by atoms with Gasteiger partial charge in [-0.3, -0.25) is 0 Å². The summed E-state index contributed by atoms with van der Waals surface area (Å²) in [5.41, 5.74) is 1.33. The fourth-order valence-corrected chi connectivity index (χ4v) is 1.98. The fourth-order valence-electron chi connectivity index (χ4n) is 1.62. The van der Waals surface area contributed by atoms with E-state index in [-0.39, 0.29) is 0 Å². The van der Waals surface area contributed by atoms with E-state index >= 15 is 0 Å². The van der Waals surface area contributed by atoms with Crippen LogP contribution < -0.4 is 5.32 Å². The number of alkyl halides is 1. The van der Waals surface area contributed by atoms with Crippen LogP contribution in [0.15, 0.2) is 6.07 Å². The molecule has 0 spiro atoms. The molecular formula is C11H16ClN3. The maximum Gasteiger partial charge on any atom is 0.129 e. The van der Waals surface area contributed by atoms with Crippen molar-refractivity contribution in [2.24, 2.45) is 5.41 Å². The number of nitrogens with one attached hydrogen (secondary N) is 1. The van der Waals surface area contributed by atoms with Crippen LogP contribution in [-0.2, 0) is 0 Å². The zero-order chi connectivity index (χ0) is 10.9. The van der Waals surface area contributed by atoms with Crippen LogP contribution in [0, 0.1) is 19.3 Å². The average Bonchev–Trinajstić information content (AvgIpc) is 2.94. The van der Waals surface area contributed by atoms with Crippen molar-refractivity contribution in [3.05, 3.63) is 17.6 Å². The predicted molar refractivity (Wildman–Crippen MR) is 62.4 cm³/mol. The Bertz CT molecular complexity index is 341. The second-order valence-corrected chi connectivity index (χ2v) is 4.70. The zero-order valence-corrected chi connectivity index (χ0v) is 9.93. The molecule has 15 heavy (non-hydrogen) atoms. The molecule has 0 aromatic carbocycles. The quantitative estimate of drug-likeness (QED) is 0.801. The Morgan fingerprint density at radius 3 is 2.67 bits per heavy atom. The summed E-state index contributed by atoms with van der Waals surface area (Å²) in [5.74, 6) is 2.47. The van der Waals surface area contributed by atoms with Crippen molar-refractivity contribution in [1.82, 2.24) is 9.97 Å². The summed E-state index contributed by atoms with van der Waals surface area (Å²) < 4.78 is 0. The third-order valence-corrected chi connectivity index (χ3v) is 3.42. The lowest BCUT2D eigenvalue weighted by Gasteiger charge is -2.13. The van der Waals surface area contributed by atoms with Crippen molar-refractivity contribution in [3.8, 4) is 0 Å². The first-order valence-corrected chi connectivity index (χ1v) is 5.79. The van der Waals surface area contributed by atoms with E-state index in [1.165, 1.54) is 12.8 Å². The number of hydrogen-bond donors (Lipinski definition) is 1. The largest absolute Gasteiger partial charge is 0.369 e. The highest BCUT2D eigenvalue weighted by Crippen LogP contribution is 2.46. The molecule has 1 aromatic rings. The number of rotatable bonds is 4. The monoisotopic (exact) mass is 225 g/mol. The molecular weight excluding hydrogens is 210 g/mol. The third-order valence-electron chi connectivity index (χ3n) is 2.85. The highest BCUT2D eigenvalue weighted by atomic mass is 35.5. The number of aromatic nitrogens is 2. The van der Waals surface area contributed by atoms with Crippen molar-refractivity contribution in [3.63, 3.8) is 0 Å². The number of hydrogen-bond acceptors (Lipinski definition) is 3. The Morgan fingerprint density at radius 1 is 1.40 bits per heavy atom. The Balaban J connectivity index is 1.99. The number of halogens is 1. The lowest BCUT2D eigenvalue weighted by atomic mass is 10.1. The molecule has 1 heterocycles. The summed E-state index contributed by atoms with van der Waals surface area (Å²) in [6.45, 7) is 4.81. The standard InChI is InChI=1S/C11H16ClN3/c1-8-5-10(15-9(2)14-8)13-7-11(6-12)3-4-11/h5H,3-4,6-7H2,1-2H3,(H,13,14,15). The third kappa shape index (κ3) is 2.59. The SMILES string of the molecule is Cc1cc(NCC2(CCl)CC2)nc(C)n1. The molecule has 1 aliphatic carbocycles. The molecule has 0 amide bonds. The minimum atomic E-state index is 0.328. The van der Waals surface area contributed by atoms with E-state index in [1.54, 1.807) is 0 Å². The van der Waals surface area contributed by atoms with Crippen LogP contribution in [0.5, 0.6) is 0 Å². The lowest BCUT2D eigenvalue weighted by molar-refractivity contribution is 0.617. The second-order valence-electron chi connectivity index (χ2n) is 4.43. The van der Waals surface area contributed by atoms with Gasteiger partial charge in [-0.05, 0) is 26.7 Å². The van der Waals surface area contributed by atoms with Gasteiger partial charge in [0.25, 0.3) is 0 Å². The van der Waals surface area contributed by atoms with Crippen molar-refractivity contribution in [2.45, 2.75) is 26.7 Å². The van der Waals surface area contributed by atoms with Gasteiger partial charge in [0, 0.05) is 29.6 Å². The number of aryl methyl sites for hydroxylation is 2. The minimum Gasteiger partial charge on any atom is -0.369 e. The van der Waals surface area contributed by atoms with Gasteiger partial charge in [-0.2, -0.15) is 0 Å². The first kappa shape index (κ1) is 10.7. The van der Waals surface area contributed by atoms with Gasteiger partial charge < -0.3 is 5.32 Å². The Labute approximate surface area is 95.3 Å². The van der Waals surface area contributed by atoms with Crippen LogP contribution in [0.4, 0.5) is 5.82 Å². The Kier molecular flexibility index (Phi) is 2.83. The van der Waals surface area contributed by atoms with Crippen LogP contribution >= 0.6 is 11.6 Å². The first-order chi connectivity index (χ1) is 7.13. The van der Waals surface area contributed by atoms with E-state index < -0.39 is 0 Å². The highest BCUT2D eigenvalue weighted by Gasteiger charge is 2.41. The van der Waals surface area contributed by atoms with Gasteiger partial charge in [0.1, 0.15) is 11.6 Å². The van der Waals surface area contributed by atoms with E-state index in [0.717, 1.165) is 29.8 Å². The molecule has 0 saturated heterocycles. The smallest absolute Gasteiger partial charge is 0.129 e. The van der Waals surface area contributed by atoms with Crippen molar-refractivity contribution in [2.75, 3.05) is 17.7 Å². The normalized spacial score (nSPS) is 17.5. The van der Waals surface area contributed by atoms with Crippen molar-refractivity contribution in [1.29, 1.82) is 0 Å². The van der Waals surface area contributed by atoms with E-state index in [0.29, 0.717) is 5.41 Å². The summed E-state index contributed by atoms with van der Waals surface area (Å²) in [7, 11) is 0. The van der Waals surface area contributed by atoms with E-state index in [2.05, 4.69) is 15.3 Å². The Hall–Kier alpha value is -0.830. The molecule has 0 radical (unpaired) electrons. The fraction of sp³-hybridized carbons (Fsp3) is 0.636. The van der Waals surface area contributed by atoms with Crippen LogP contribution in [0.1, 0.15) is 24.4 Å². The molecule has 0 atom stereocenters. The van der Waals surface area contributed by atoms with Crippen LogP contribution in [0.3, 0.4) is 0 Å². The summed E-state index contributed by atoms with van der Waals surface area (Å²) in [5, 5.41) is 3.34. The summed E-state index contributed by atoms with van der Waals surface area (Å²) in [6.07, 6.45) is 2.46. The second kappa shape index (κ2) is 3.97. The molecule has 0 bridgehead atoms. The molecule has 3 nitrogen and oxygen atoms in total. The van der Waals surface area contributed by atoms with E-state index in [9.17, 15) is 0 Å². The van der Waals surface area contributed by atoms with Gasteiger partial charge in [0.05, 0.1) is 0 Å². The average molecular weight is 226 g/mol. The molecule has 1 aliphatic rings. The number of nitrogens with zero attached hydrogens (tertiary/aromatic N) is 2. The van der Waals surface area contributed by atoms with Gasteiger partial charge in [-0.1, -0.05) is 0 Å². The molecule has 1 saturated carbocycles. The van der Waals surface area contributed by atoms with Gasteiger partial charge in [-0.15, -0.1) is 11.6 Å². The molecule has 4 heteroatoms. The van der Waals surface area contributed by atoms with Gasteiger partial charge >= 0.3 is 0 Å². The van der Waals surface area contributed by atoms with Crippen molar-refractivity contribution >= 4 is 17.4 Å². The van der Waals surface area contributed by atoms with Crippen LogP contribution in [-0.4, -0.2) is 22.4 Å². The molecule has 1 aromatic heterocycles. The van der Waals surface area contributed by atoms with Crippen LogP contribution in [0.25, 0.3) is 0 Å². The topological polar surface area (TPSA) is 37.8 Å². The van der Waals surface area contributed by atoms with E-state index in [1.807, 2.05) is 19.9 Å². The number of anilines is 1. The molecule has 2 rings (SSSR count). The maximum absolute atomic E-state index is 5.91. The van der Waals surface area contributed by atoms with Gasteiger partial charge in [0.15, 0.2) is 0 Å². The minimum absolute atomic E-state index is 0.328. The first-order valence-electron chi connectivity index (χ1n) is 5.26.